The van der Waals surface area contributed by atoms with Gasteiger partial charge in [0.05, 0.1) is 21.8 Å². The van der Waals surface area contributed by atoms with E-state index in [1.807, 2.05) is 0 Å². The summed E-state index contributed by atoms with van der Waals surface area (Å²) in [7, 11) is -3.95. The molecule has 9 heteroatoms. The number of rotatable bonds is 6. The van der Waals surface area contributed by atoms with Crippen LogP contribution in [0.3, 0.4) is 0 Å². The van der Waals surface area contributed by atoms with Crippen LogP contribution in [0.15, 0.2) is 41.3 Å². The van der Waals surface area contributed by atoms with E-state index in [9.17, 15) is 31.5 Å². The molecule has 0 spiro atoms. The van der Waals surface area contributed by atoms with Gasteiger partial charge in [-0.05, 0) is 50.5 Å². The highest BCUT2D eigenvalue weighted by Crippen LogP contribution is 2.47. The van der Waals surface area contributed by atoms with Crippen molar-refractivity contribution in [1.29, 1.82) is 0 Å². The van der Waals surface area contributed by atoms with Crippen molar-refractivity contribution in [2.24, 2.45) is 0 Å². The van der Waals surface area contributed by atoms with E-state index >= 15 is 0 Å². The molecule has 0 amide bonds. The Morgan fingerprint density at radius 3 is 2.28 bits per heavy atom. The average Bonchev–Trinajstić information content (AvgIpc) is 3.45. The summed E-state index contributed by atoms with van der Waals surface area (Å²) in [4.78, 5) is 11.4. The van der Waals surface area contributed by atoms with E-state index in [4.69, 9.17) is 4.74 Å². The lowest BCUT2D eigenvalue weighted by Crippen LogP contribution is -2.16. The fraction of sp³-hybridized carbons (Fsp3) is 0.350. The summed E-state index contributed by atoms with van der Waals surface area (Å²) in [6.45, 7) is 3.15. The summed E-state index contributed by atoms with van der Waals surface area (Å²) in [5.41, 5.74) is -2.26. The number of hydrogen-bond acceptors (Lipinski definition) is 4. The molecule has 0 atom stereocenters. The lowest BCUT2D eigenvalue weighted by Gasteiger charge is -2.22. The summed E-state index contributed by atoms with van der Waals surface area (Å²) in [5, 5.41) is 8.85. The standard InChI is InChI=1S/C20H19F3O5S/c1-11(2)28-18-14(19(24)25)9-10-16(29(26,27)12-7-8-12)17(18)13-5-3-4-6-15(13)20(21,22)23/h3-6,9-12H,7-8H2,1-2H3,(H,24,25). The third-order valence-electron chi connectivity index (χ3n) is 4.47. The van der Waals surface area contributed by atoms with Crippen LogP contribution < -0.4 is 4.74 Å². The van der Waals surface area contributed by atoms with Crippen LogP contribution in [-0.2, 0) is 16.0 Å². The number of carboxylic acids is 1. The van der Waals surface area contributed by atoms with Gasteiger partial charge in [-0.2, -0.15) is 13.2 Å². The summed E-state index contributed by atoms with van der Waals surface area (Å²) in [6.07, 6.45) is -4.55. The van der Waals surface area contributed by atoms with Crippen LogP contribution in [0.25, 0.3) is 11.1 Å². The maximum absolute atomic E-state index is 13.7. The van der Waals surface area contributed by atoms with Gasteiger partial charge in [0.1, 0.15) is 11.3 Å². The van der Waals surface area contributed by atoms with Crippen LogP contribution in [0, 0.1) is 0 Å². The third kappa shape index (κ3) is 4.10. The Kier molecular flexibility index (Phi) is 5.38. The van der Waals surface area contributed by atoms with E-state index in [2.05, 4.69) is 0 Å². The zero-order chi connectivity index (χ0) is 21.6. The highest BCUT2D eigenvalue weighted by atomic mass is 32.2. The number of ether oxygens (including phenoxy) is 1. The monoisotopic (exact) mass is 428 g/mol. The number of sulfone groups is 1. The predicted octanol–water partition coefficient (Wildman–Crippen LogP) is 4.79. The second-order valence-corrected chi connectivity index (χ2v) is 9.27. The smallest absolute Gasteiger partial charge is 0.417 e. The van der Waals surface area contributed by atoms with Gasteiger partial charge >= 0.3 is 12.1 Å². The quantitative estimate of drug-likeness (QED) is 0.715. The maximum atomic E-state index is 13.7. The first-order valence-corrected chi connectivity index (χ1v) is 10.5. The third-order valence-corrected chi connectivity index (χ3v) is 6.78. The van der Waals surface area contributed by atoms with E-state index in [-0.39, 0.29) is 16.2 Å². The van der Waals surface area contributed by atoms with Crippen molar-refractivity contribution in [1.82, 2.24) is 0 Å². The molecule has 3 rings (SSSR count). The molecule has 5 nitrogen and oxygen atoms in total. The second kappa shape index (κ2) is 7.37. The van der Waals surface area contributed by atoms with Crippen LogP contribution in [0.4, 0.5) is 13.2 Å². The minimum absolute atomic E-state index is 0.350. The molecule has 0 bridgehead atoms. The molecular weight excluding hydrogens is 409 g/mol. The van der Waals surface area contributed by atoms with Crippen molar-refractivity contribution in [2.45, 2.75) is 49.1 Å². The number of halogens is 3. The topological polar surface area (TPSA) is 80.7 Å². The number of benzene rings is 2. The summed E-state index contributed by atoms with van der Waals surface area (Å²) >= 11 is 0. The van der Waals surface area contributed by atoms with E-state index < -0.39 is 50.0 Å². The lowest BCUT2D eigenvalue weighted by molar-refractivity contribution is -0.137. The van der Waals surface area contributed by atoms with Crippen LogP contribution in [0.1, 0.15) is 42.6 Å². The zero-order valence-electron chi connectivity index (χ0n) is 15.7. The Labute approximate surface area is 166 Å². The van der Waals surface area contributed by atoms with Crippen LogP contribution >= 0.6 is 0 Å². The van der Waals surface area contributed by atoms with Gasteiger partial charge in [0.25, 0.3) is 0 Å². The normalized spacial score (nSPS) is 14.8. The van der Waals surface area contributed by atoms with Gasteiger partial charge in [0.2, 0.25) is 0 Å². The molecule has 0 aliphatic heterocycles. The predicted molar refractivity (Wildman–Crippen MR) is 99.8 cm³/mol. The zero-order valence-corrected chi connectivity index (χ0v) is 16.5. The number of hydrogen-bond donors (Lipinski definition) is 1. The Hall–Kier alpha value is -2.55. The first kappa shape index (κ1) is 21.2. The van der Waals surface area contributed by atoms with Crippen molar-refractivity contribution in [3.8, 4) is 16.9 Å². The van der Waals surface area contributed by atoms with Gasteiger partial charge in [-0.15, -0.1) is 0 Å². The largest absolute Gasteiger partial charge is 0.489 e. The molecule has 1 aliphatic carbocycles. The number of alkyl halides is 3. The first-order chi connectivity index (χ1) is 13.4. The summed E-state index contributed by atoms with van der Waals surface area (Å²) in [6, 6.07) is 6.61. The molecule has 0 unspecified atom stereocenters. The van der Waals surface area contributed by atoms with E-state index in [0.29, 0.717) is 12.8 Å². The highest BCUT2D eigenvalue weighted by molar-refractivity contribution is 7.92. The molecule has 156 valence electrons. The van der Waals surface area contributed by atoms with Gasteiger partial charge < -0.3 is 9.84 Å². The Bertz CT molecular complexity index is 1050. The van der Waals surface area contributed by atoms with Gasteiger partial charge in [-0.25, -0.2) is 13.2 Å². The molecule has 2 aromatic carbocycles. The minimum Gasteiger partial charge on any atom is -0.489 e. The van der Waals surface area contributed by atoms with Crippen LogP contribution in [-0.4, -0.2) is 30.8 Å². The maximum Gasteiger partial charge on any atom is 0.417 e. The van der Waals surface area contributed by atoms with Crippen molar-refractivity contribution >= 4 is 15.8 Å². The van der Waals surface area contributed by atoms with Gasteiger partial charge in [0, 0.05) is 5.56 Å². The van der Waals surface area contributed by atoms with Gasteiger partial charge in [-0.1, -0.05) is 18.2 Å². The van der Waals surface area contributed by atoms with Crippen molar-refractivity contribution < 1.29 is 36.2 Å². The second-order valence-electron chi connectivity index (χ2n) is 7.07. The van der Waals surface area contributed by atoms with E-state index in [1.54, 1.807) is 13.8 Å². The number of aromatic carboxylic acids is 1. The molecule has 1 fully saturated rings. The average molecular weight is 428 g/mol. The lowest BCUT2D eigenvalue weighted by atomic mass is 9.96. The molecule has 0 saturated heterocycles. The molecular formula is C20H19F3O5S. The summed E-state index contributed by atoms with van der Waals surface area (Å²) in [5.74, 6) is -1.81. The molecule has 1 aliphatic rings. The molecule has 0 aromatic heterocycles. The molecule has 29 heavy (non-hydrogen) atoms. The fourth-order valence-corrected chi connectivity index (χ4v) is 4.95. The van der Waals surface area contributed by atoms with Gasteiger partial charge in [0.15, 0.2) is 9.84 Å². The molecule has 0 radical (unpaired) electrons. The molecule has 1 N–H and O–H groups in total. The SMILES string of the molecule is CC(C)Oc1c(C(=O)O)ccc(S(=O)(=O)C2CC2)c1-c1ccccc1C(F)(F)F. The Morgan fingerprint density at radius 2 is 1.76 bits per heavy atom. The summed E-state index contributed by atoms with van der Waals surface area (Å²) < 4.78 is 72.6. The number of carbonyl (C=O) groups is 1. The van der Waals surface area contributed by atoms with Gasteiger partial charge in [-0.3, -0.25) is 0 Å². The van der Waals surface area contributed by atoms with Crippen LogP contribution in [0.2, 0.25) is 0 Å². The molecule has 2 aromatic rings. The molecule has 0 heterocycles. The van der Waals surface area contributed by atoms with Crippen LogP contribution in [0.5, 0.6) is 5.75 Å². The van der Waals surface area contributed by atoms with E-state index in [0.717, 1.165) is 24.3 Å². The first-order valence-electron chi connectivity index (χ1n) is 8.92. The highest BCUT2D eigenvalue weighted by Gasteiger charge is 2.42. The minimum atomic E-state index is -4.77. The van der Waals surface area contributed by atoms with Crippen molar-refractivity contribution in [2.75, 3.05) is 0 Å². The fourth-order valence-electron chi connectivity index (χ4n) is 3.09. The van der Waals surface area contributed by atoms with Crippen molar-refractivity contribution in [3.05, 3.63) is 47.5 Å². The number of carboxylic acid groups (broad SMARTS) is 1. The van der Waals surface area contributed by atoms with Crippen molar-refractivity contribution in [3.63, 3.8) is 0 Å². The Morgan fingerprint density at radius 1 is 1.14 bits per heavy atom. The van der Waals surface area contributed by atoms with E-state index in [1.165, 1.54) is 12.1 Å². The Balaban J connectivity index is 2.45. The molecule has 1 saturated carbocycles.